The van der Waals surface area contributed by atoms with Crippen molar-refractivity contribution >= 4 is 238 Å². The fourth-order valence-electron chi connectivity index (χ4n) is 2.17. The highest BCUT2D eigenvalue weighted by molar-refractivity contribution is 14.3. The van der Waals surface area contributed by atoms with Crippen LogP contribution in [0.15, 0.2) is 0 Å². The van der Waals surface area contributed by atoms with Gasteiger partial charge in [0.15, 0.2) is 0 Å². The summed E-state index contributed by atoms with van der Waals surface area (Å²) in [6.07, 6.45) is 0. The van der Waals surface area contributed by atoms with Crippen molar-refractivity contribution in [3.8, 4) is 0 Å². The van der Waals surface area contributed by atoms with Gasteiger partial charge in [-0.15, -0.1) is 0 Å². The summed E-state index contributed by atoms with van der Waals surface area (Å²) in [5, 5.41) is 32.1. The van der Waals surface area contributed by atoms with Crippen molar-refractivity contribution in [2.45, 2.75) is 7.36 Å². The SMILES string of the molecule is C.CO.CO.IC(I)I.NC(=O)c1c(I)c(N)c(I)c(C(=O)O)c1I.NC(=O)c1c(I)c(N)c(I)c(C(=O)O)c1I. The van der Waals surface area contributed by atoms with E-state index >= 15 is 0 Å². The number of carboxylic acid groups (broad SMARTS) is 2. The molecular formula is C20H23I9N4O8. The molecule has 12 N–H and O–H groups in total. The number of halogens is 9. The van der Waals surface area contributed by atoms with E-state index in [0.717, 1.165) is 14.2 Å². The third kappa shape index (κ3) is 15.7. The summed E-state index contributed by atoms with van der Waals surface area (Å²) < 4.78 is 3.20. The number of amides is 2. The number of carboxylic acids is 2. The Morgan fingerprint density at radius 1 is 0.537 bits per heavy atom. The summed E-state index contributed by atoms with van der Waals surface area (Å²) >= 11 is 18.0. The van der Waals surface area contributed by atoms with Crippen LogP contribution in [0.3, 0.4) is 0 Å². The topological polar surface area (TPSA) is 253 Å². The van der Waals surface area contributed by atoms with Crippen molar-refractivity contribution in [1.82, 2.24) is 0 Å². The highest BCUT2D eigenvalue weighted by Gasteiger charge is 2.26. The fraction of sp³-hybridized carbons (Fsp3) is 0.200. The van der Waals surface area contributed by atoms with Gasteiger partial charge in [-0.25, -0.2) is 9.59 Å². The number of hydrogen-bond donors (Lipinski definition) is 8. The molecule has 2 aromatic rings. The summed E-state index contributed by atoms with van der Waals surface area (Å²) in [6, 6.07) is 0. The predicted molar refractivity (Wildman–Crippen MR) is 238 cm³/mol. The molecule has 21 heteroatoms. The van der Waals surface area contributed by atoms with Crippen LogP contribution < -0.4 is 22.9 Å². The minimum absolute atomic E-state index is 0. The molecule has 0 fully saturated rings. The zero-order valence-electron chi connectivity index (χ0n) is 19.7. The van der Waals surface area contributed by atoms with Gasteiger partial charge in [-0.1, -0.05) is 75.2 Å². The van der Waals surface area contributed by atoms with E-state index in [9.17, 15) is 19.2 Å². The zero-order chi connectivity index (χ0) is 32.8. The lowest BCUT2D eigenvalue weighted by Gasteiger charge is -2.12. The number of primary amides is 2. The average Bonchev–Trinajstić information content (AvgIpc) is 2.83. The molecular weight excluding hydrogens is 1570 g/mol. The lowest BCUT2D eigenvalue weighted by molar-refractivity contribution is 0.0683. The maximum Gasteiger partial charge on any atom is 0.337 e. The molecule has 0 aliphatic heterocycles. The molecule has 2 rings (SSSR count). The van der Waals surface area contributed by atoms with E-state index in [0.29, 0.717) is 21.4 Å². The van der Waals surface area contributed by atoms with Crippen LogP contribution in [0.5, 0.6) is 0 Å². The van der Waals surface area contributed by atoms with Crippen molar-refractivity contribution in [3.63, 3.8) is 0 Å². The minimum Gasteiger partial charge on any atom is -0.478 e. The highest BCUT2D eigenvalue weighted by atomic mass is 127. The molecule has 0 aliphatic rings. The second kappa shape index (κ2) is 25.5. The molecule has 0 saturated heterocycles. The van der Waals surface area contributed by atoms with Gasteiger partial charge in [0.05, 0.1) is 47.9 Å². The predicted octanol–water partition coefficient (Wildman–Crippen LogP) is 6.19. The molecule has 0 saturated carbocycles. The number of carbonyl (C=O) groups is 4. The summed E-state index contributed by atoms with van der Waals surface area (Å²) in [6.45, 7) is 0. The van der Waals surface area contributed by atoms with Gasteiger partial charge in [-0.3, -0.25) is 9.59 Å². The van der Waals surface area contributed by atoms with Gasteiger partial charge in [-0.05, 0) is 136 Å². The number of benzene rings is 2. The molecule has 0 unspecified atom stereocenters. The third-order valence-corrected chi connectivity index (χ3v) is 10.3. The molecule has 0 atom stereocenters. The van der Waals surface area contributed by atoms with E-state index in [1.807, 2.05) is 90.4 Å². The monoisotopic (exact) mass is 1590 g/mol. The first-order valence-corrected chi connectivity index (χ1v) is 19.3. The molecule has 0 aliphatic carbocycles. The highest BCUT2D eigenvalue weighted by Crippen LogP contribution is 2.34. The van der Waals surface area contributed by atoms with E-state index in [4.69, 9.17) is 43.4 Å². The minimum atomic E-state index is -1.13. The van der Waals surface area contributed by atoms with Crippen LogP contribution in [0.4, 0.5) is 11.4 Å². The standard InChI is InChI=1S/2C8H5I3N2O3.CHI3.2CH4O.CH4/c2*9-3-1(7(13)14)4(10)6(12)5(11)2(3)8(15)16;2-1(3)4;2*1-2;/h2*12H2,(H2,13,14)(H,15,16);1H;2*2H,1H3;1H4. The van der Waals surface area contributed by atoms with Gasteiger partial charge in [0.25, 0.3) is 11.8 Å². The zero-order valence-corrected chi connectivity index (χ0v) is 39.1. The quantitative estimate of drug-likeness (QED) is 0.0980. The Labute approximate surface area is 359 Å². The molecule has 0 radical (unpaired) electrons. The lowest BCUT2D eigenvalue weighted by Crippen LogP contribution is -2.20. The first-order chi connectivity index (χ1) is 18.3. The molecule has 2 amide bonds. The van der Waals surface area contributed by atoms with Gasteiger partial charge in [0, 0.05) is 21.4 Å². The number of nitrogens with two attached hydrogens (primary N) is 4. The second-order valence-electron chi connectivity index (χ2n) is 5.80. The average molecular weight is 1590 g/mol. The largest absolute Gasteiger partial charge is 0.478 e. The lowest BCUT2D eigenvalue weighted by atomic mass is 10.1. The Kier molecular flexibility index (Phi) is 31.3. The number of aromatic carboxylic acids is 2. The Balaban J connectivity index is -0.000000261. The number of anilines is 2. The van der Waals surface area contributed by atoms with Gasteiger partial charge in [0.1, 0.15) is -0.0619 Å². The number of rotatable bonds is 4. The molecule has 2 aromatic carbocycles. The summed E-state index contributed by atoms with van der Waals surface area (Å²) in [5.41, 5.74) is 22.8. The number of alkyl halides is 3. The Morgan fingerprint density at radius 2 is 0.707 bits per heavy atom. The Bertz CT molecular complexity index is 1070. The summed E-state index contributed by atoms with van der Waals surface area (Å²) in [4.78, 5) is 44.6. The van der Waals surface area contributed by atoms with Crippen LogP contribution in [0.25, 0.3) is 0 Å². The fourth-order valence-corrected chi connectivity index (χ4v) is 10.5. The number of aliphatic hydroxyl groups excluding tert-OH is 2. The van der Waals surface area contributed by atoms with Gasteiger partial charge in [0.2, 0.25) is 0 Å². The van der Waals surface area contributed by atoms with E-state index in [1.54, 1.807) is 45.2 Å². The van der Waals surface area contributed by atoms with Crippen molar-refractivity contribution in [1.29, 1.82) is 0 Å². The molecule has 234 valence electrons. The van der Waals surface area contributed by atoms with Crippen LogP contribution >= 0.6 is 203 Å². The normalized spacial score (nSPS) is 9.12. The van der Waals surface area contributed by atoms with E-state index < -0.39 is 23.8 Å². The number of hydrogen-bond acceptors (Lipinski definition) is 8. The van der Waals surface area contributed by atoms with Crippen LogP contribution in [-0.4, -0.2) is 58.3 Å². The number of carbonyl (C=O) groups excluding carboxylic acids is 2. The third-order valence-electron chi connectivity index (χ3n) is 3.62. The molecule has 12 nitrogen and oxygen atoms in total. The molecule has 0 heterocycles. The summed E-state index contributed by atoms with van der Waals surface area (Å²) in [5.74, 6) is -3.61. The number of aliphatic hydroxyl groups is 2. The first kappa shape index (κ1) is 50.3. The van der Waals surface area contributed by atoms with Crippen molar-refractivity contribution in [2.75, 3.05) is 25.7 Å². The number of nitrogen functional groups attached to an aromatic ring is 2. The first-order valence-electron chi connectivity index (χ1n) is 9.10. The Morgan fingerprint density at radius 3 is 0.854 bits per heavy atom. The van der Waals surface area contributed by atoms with Crippen molar-refractivity contribution < 1.29 is 39.6 Å². The van der Waals surface area contributed by atoms with Crippen molar-refractivity contribution in [2.24, 2.45) is 11.5 Å². The van der Waals surface area contributed by atoms with E-state index in [2.05, 4.69) is 67.8 Å². The maximum absolute atomic E-state index is 11.2. The van der Waals surface area contributed by atoms with Crippen LogP contribution in [0, 0.1) is 21.4 Å². The molecule has 0 spiro atoms. The van der Waals surface area contributed by atoms with Gasteiger partial charge >= 0.3 is 11.9 Å². The molecule has 0 bridgehead atoms. The molecule has 41 heavy (non-hydrogen) atoms. The maximum atomic E-state index is 11.2. The summed E-state index contributed by atoms with van der Waals surface area (Å²) in [7, 11) is 2.00. The van der Waals surface area contributed by atoms with Crippen molar-refractivity contribution in [3.05, 3.63) is 43.7 Å². The van der Waals surface area contributed by atoms with E-state index in [-0.39, 0.29) is 41.1 Å². The smallest absolute Gasteiger partial charge is 0.337 e. The molecule has 0 aromatic heterocycles. The van der Waals surface area contributed by atoms with Crippen LogP contribution in [0.2, 0.25) is 0 Å². The Hall–Kier alpha value is 2.41. The van der Waals surface area contributed by atoms with E-state index in [1.165, 1.54) is 0 Å². The van der Waals surface area contributed by atoms with Crippen LogP contribution in [-0.2, 0) is 0 Å². The van der Waals surface area contributed by atoms with Gasteiger partial charge in [-0.2, -0.15) is 0 Å². The van der Waals surface area contributed by atoms with Crippen LogP contribution in [0.1, 0.15) is 48.9 Å². The van der Waals surface area contributed by atoms with Gasteiger partial charge < -0.3 is 43.4 Å². The second-order valence-corrected chi connectivity index (χ2v) is 23.2.